The van der Waals surface area contributed by atoms with E-state index >= 15 is 0 Å². The molecule has 50 heavy (non-hydrogen) atoms. The number of hydrogen-bond acceptors (Lipinski definition) is 6. The average Bonchev–Trinajstić information content (AvgIpc) is 3.82. The van der Waals surface area contributed by atoms with E-state index in [0.717, 1.165) is 58.0 Å². The molecule has 2 heterocycles. The van der Waals surface area contributed by atoms with E-state index in [-0.39, 0.29) is 12.3 Å². The smallest absolute Gasteiger partial charge is 0.348 e. The Bertz CT molecular complexity index is 2060. The maximum absolute atomic E-state index is 12.4. The van der Waals surface area contributed by atoms with Gasteiger partial charge in [-0.1, -0.05) is 108 Å². The summed E-state index contributed by atoms with van der Waals surface area (Å²) in [4.78, 5) is 48.1. The first-order valence-electron chi connectivity index (χ1n) is 16.1. The zero-order valence-electron chi connectivity index (χ0n) is 27.0. The Labute approximate surface area is 288 Å². The van der Waals surface area contributed by atoms with Crippen LogP contribution in [-0.4, -0.2) is 56.4 Å². The van der Waals surface area contributed by atoms with Crippen molar-refractivity contribution in [2.45, 2.75) is 25.4 Å². The number of nitrogens with one attached hydrogen (secondary N) is 2. The van der Waals surface area contributed by atoms with E-state index in [1.807, 2.05) is 91.0 Å². The van der Waals surface area contributed by atoms with Crippen LogP contribution in [-0.2, 0) is 25.6 Å². The van der Waals surface area contributed by atoms with E-state index in [0.29, 0.717) is 23.8 Å². The summed E-state index contributed by atoms with van der Waals surface area (Å²) in [5.41, 5.74) is 8.18. The quantitative estimate of drug-likeness (QED) is 0.0792. The van der Waals surface area contributed by atoms with Gasteiger partial charge in [-0.3, -0.25) is 4.79 Å². The summed E-state index contributed by atoms with van der Waals surface area (Å²) in [5, 5.41) is 25.1. The largest absolute Gasteiger partial charge is 0.478 e. The first-order chi connectivity index (χ1) is 24.3. The van der Waals surface area contributed by atoms with Gasteiger partial charge in [0.05, 0.1) is 17.1 Å². The molecule has 6 rings (SSSR count). The Morgan fingerprint density at radius 3 is 2.04 bits per heavy atom. The molecule has 4 aromatic carbocycles. The van der Waals surface area contributed by atoms with Crippen molar-refractivity contribution < 1.29 is 29.4 Å². The highest BCUT2D eigenvalue weighted by Crippen LogP contribution is 2.34. The summed E-state index contributed by atoms with van der Waals surface area (Å²) in [6.45, 7) is 0.593. The summed E-state index contributed by atoms with van der Waals surface area (Å²) in [6.07, 6.45) is 6.87. The van der Waals surface area contributed by atoms with E-state index in [1.54, 1.807) is 6.08 Å². The zero-order valence-corrected chi connectivity index (χ0v) is 27.0. The maximum atomic E-state index is 12.4. The summed E-state index contributed by atoms with van der Waals surface area (Å²) in [6, 6.07) is 32.9. The van der Waals surface area contributed by atoms with Gasteiger partial charge in [0, 0.05) is 41.8 Å². The Morgan fingerprint density at radius 1 is 0.780 bits per heavy atom. The van der Waals surface area contributed by atoms with Gasteiger partial charge in [0.1, 0.15) is 5.82 Å². The van der Waals surface area contributed by atoms with Crippen molar-refractivity contribution in [3.63, 3.8) is 0 Å². The third-order valence-electron chi connectivity index (χ3n) is 8.15. The second-order valence-electron chi connectivity index (χ2n) is 11.7. The Morgan fingerprint density at radius 2 is 1.40 bits per heavy atom. The lowest BCUT2D eigenvalue weighted by Gasteiger charge is -2.06. The summed E-state index contributed by atoms with van der Waals surface area (Å²) < 4.78 is 0. The van der Waals surface area contributed by atoms with Crippen molar-refractivity contribution in [3.05, 3.63) is 138 Å². The molecule has 0 spiro atoms. The fourth-order valence-corrected chi connectivity index (χ4v) is 5.49. The molecule has 250 valence electrons. The number of H-pyrrole nitrogens is 1. The number of rotatable bonds is 13. The first kappa shape index (κ1) is 33.4. The number of aromatic nitrogens is 2. The van der Waals surface area contributed by atoms with Gasteiger partial charge in [-0.2, -0.15) is 0 Å². The van der Waals surface area contributed by atoms with Crippen LogP contribution in [0.3, 0.4) is 0 Å². The third kappa shape index (κ3) is 8.48. The minimum Gasteiger partial charge on any atom is -0.478 e. The summed E-state index contributed by atoms with van der Waals surface area (Å²) in [5.74, 6) is -1.60. The van der Waals surface area contributed by atoms with Crippen LogP contribution < -0.4 is 5.32 Å². The lowest BCUT2D eigenvalue weighted by atomic mass is 10.00. The van der Waals surface area contributed by atoms with Gasteiger partial charge >= 0.3 is 11.9 Å². The second kappa shape index (κ2) is 15.6. The Balaban J connectivity index is 1.20. The van der Waals surface area contributed by atoms with Crippen LogP contribution in [0.1, 0.15) is 35.1 Å². The van der Waals surface area contributed by atoms with E-state index in [9.17, 15) is 19.5 Å². The van der Waals surface area contributed by atoms with Gasteiger partial charge in [0.15, 0.2) is 0 Å². The van der Waals surface area contributed by atoms with Crippen LogP contribution in [0.25, 0.3) is 46.1 Å². The number of oxime groups is 1. The standard InChI is InChI=1S/C40H34N4O6/c45-35(41-24-4-7-26-5-2-1-3-6-26)22-12-27-8-14-30(15-9-27)37-38(31-20-18-29(19-21-31)33-25-34(40(48)49)50-44-33)43-39(42-37)32-16-10-28(11-17-32)13-23-36(46)47/h1-3,5-6,8-23,34H,4,7,24-25H2,(H,41,45)(H,42,43)(H,46,47)(H,48,49)/b22-12+,23-13+. The van der Waals surface area contributed by atoms with Crippen molar-refractivity contribution in [1.82, 2.24) is 15.3 Å². The molecule has 0 radical (unpaired) electrons. The number of hydrogen-bond donors (Lipinski definition) is 4. The highest BCUT2D eigenvalue weighted by atomic mass is 16.7. The predicted molar refractivity (Wildman–Crippen MR) is 192 cm³/mol. The molecule has 1 aliphatic rings. The minimum absolute atomic E-state index is 0.149. The monoisotopic (exact) mass is 666 g/mol. The molecule has 0 saturated heterocycles. The molecule has 1 amide bonds. The molecule has 5 aromatic rings. The van der Waals surface area contributed by atoms with E-state index < -0.39 is 18.0 Å². The number of aryl methyl sites for hydroxylation is 1. The number of nitrogens with zero attached hydrogens (tertiary/aromatic N) is 2. The van der Waals surface area contributed by atoms with E-state index in [4.69, 9.17) is 14.9 Å². The fraction of sp³-hybridized carbons (Fsp3) is 0.125. The zero-order chi connectivity index (χ0) is 34.9. The number of carbonyl (C=O) groups excluding carboxylic acids is 1. The molecule has 1 atom stereocenters. The lowest BCUT2D eigenvalue weighted by molar-refractivity contribution is -0.148. The second-order valence-corrected chi connectivity index (χ2v) is 11.7. The molecule has 0 fully saturated rings. The molecule has 0 bridgehead atoms. The van der Waals surface area contributed by atoms with Gasteiger partial charge < -0.3 is 25.4 Å². The summed E-state index contributed by atoms with van der Waals surface area (Å²) in [7, 11) is 0. The molecule has 1 aliphatic heterocycles. The van der Waals surface area contributed by atoms with Crippen molar-refractivity contribution in [2.24, 2.45) is 5.16 Å². The minimum atomic E-state index is -1.06. The normalized spacial score (nSPS) is 14.1. The number of aromatic amines is 1. The molecule has 1 aromatic heterocycles. The lowest BCUT2D eigenvalue weighted by Crippen LogP contribution is -2.22. The highest BCUT2D eigenvalue weighted by Gasteiger charge is 2.28. The SMILES string of the molecule is O=C(O)/C=C/c1ccc(-c2nc(-c3ccc(C4=NOC(C(=O)O)C4)cc3)c(-c3ccc(/C=C/C(=O)NCCCc4ccccc4)cc3)[nH]2)cc1. The average molecular weight is 667 g/mol. The van der Waals surface area contributed by atoms with Crippen molar-refractivity contribution in [3.8, 4) is 33.9 Å². The van der Waals surface area contributed by atoms with Crippen LogP contribution in [0.5, 0.6) is 0 Å². The predicted octanol–water partition coefficient (Wildman–Crippen LogP) is 6.85. The van der Waals surface area contributed by atoms with Gasteiger partial charge in [-0.25, -0.2) is 14.6 Å². The number of imidazole rings is 1. The Hall–Kier alpha value is -6.55. The molecule has 0 saturated carbocycles. The molecular formula is C40H34N4O6. The number of carboxylic acid groups (broad SMARTS) is 2. The first-order valence-corrected chi connectivity index (χ1v) is 16.1. The fourth-order valence-electron chi connectivity index (χ4n) is 5.49. The maximum Gasteiger partial charge on any atom is 0.348 e. The topological polar surface area (TPSA) is 154 Å². The van der Waals surface area contributed by atoms with Crippen molar-refractivity contribution >= 4 is 35.7 Å². The van der Waals surface area contributed by atoms with Crippen LogP contribution in [0, 0.1) is 0 Å². The number of carboxylic acids is 2. The van der Waals surface area contributed by atoms with E-state index in [1.165, 1.54) is 17.7 Å². The van der Waals surface area contributed by atoms with Gasteiger partial charge in [0.25, 0.3) is 0 Å². The third-order valence-corrected chi connectivity index (χ3v) is 8.15. The molecule has 0 aliphatic carbocycles. The summed E-state index contributed by atoms with van der Waals surface area (Å²) >= 11 is 0. The van der Waals surface area contributed by atoms with Gasteiger partial charge in [-0.15, -0.1) is 0 Å². The van der Waals surface area contributed by atoms with Crippen molar-refractivity contribution in [2.75, 3.05) is 6.54 Å². The highest BCUT2D eigenvalue weighted by molar-refractivity contribution is 6.03. The van der Waals surface area contributed by atoms with Crippen LogP contribution in [0.2, 0.25) is 0 Å². The molecule has 4 N–H and O–H groups in total. The molecule has 1 unspecified atom stereocenters. The molecular weight excluding hydrogens is 632 g/mol. The Kier molecular flexibility index (Phi) is 10.4. The van der Waals surface area contributed by atoms with Crippen LogP contribution >= 0.6 is 0 Å². The van der Waals surface area contributed by atoms with Crippen LogP contribution in [0.15, 0.2) is 120 Å². The number of aliphatic carboxylic acids is 2. The molecule has 10 heteroatoms. The van der Waals surface area contributed by atoms with E-state index in [2.05, 4.69) is 27.6 Å². The van der Waals surface area contributed by atoms with Gasteiger partial charge in [-0.05, 0) is 47.2 Å². The molecule has 10 nitrogen and oxygen atoms in total. The number of benzene rings is 4. The van der Waals surface area contributed by atoms with Gasteiger partial charge in [0.2, 0.25) is 12.0 Å². The van der Waals surface area contributed by atoms with Crippen LogP contribution in [0.4, 0.5) is 0 Å². The number of amides is 1. The number of carbonyl (C=O) groups is 3. The van der Waals surface area contributed by atoms with Crippen molar-refractivity contribution in [1.29, 1.82) is 0 Å².